The Hall–Kier alpha value is -2.18. The van der Waals surface area contributed by atoms with Crippen molar-refractivity contribution in [2.45, 2.75) is 44.4 Å². The smallest absolute Gasteiger partial charge is 0.391 e. The highest BCUT2D eigenvalue weighted by Crippen LogP contribution is 2.37. The summed E-state index contributed by atoms with van der Waals surface area (Å²) < 4.78 is 45.6. The average molecular weight is 354 g/mol. The van der Waals surface area contributed by atoms with Crippen LogP contribution in [0.2, 0.25) is 0 Å². The van der Waals surface area contributed by atoms with Crippen molar-refractivity contribution in [1.82, 2.24) is 9.88 Å². The molecule has 0 spiro atoms. The Morgan fingerprint density at radius 2 is 2.12 bits per heavy atom. The van der Waals surface area contributed by atoms with E-state index in [9.17, 15) is 18.0 Å². The predicted octanol–water partition coefficient (Wildman–Crippen LogP) is 3.89. The van der Waals surface area contributed by atoms with Gasteiger partial charge in [0.15, 0.2) is 0 Å². The van der Waals surface area contributed by atoms with Gasteiger partial charge in [0.05, 0.1) is 13.0 Å². The van der Waals surface area contributed by atoms with Gasteiger partial charge >= 0.3 is 6.18 Å². The SMILES string of the molecule is COc1ccc2c(ccn2CC(=O)NC2CCCC(C(F)(F)F)C2)c1. The first-order chi connectivity index (χ1) is 11.9. The highest BCUT2D eigenvalue weighted by molar-refractivity contribution is 5.84. The average Bonchev–Trinajstić information content (AvgIpc) is 2.96. The minimum absolute atomic E-state index is 0.0289. The van der Waals surface area contributed by atoms with E-state index in [1.165, 1.54) is 0 Å². The third-order valence-electron chi connectivity index (χ3n) is 4.79. The van der Waals surface area contributed by atoms with Gasteiger partial charge in [-0.05, 0) is 43.5 Å². The molecule has 1 aromatic heterocycles. The summed E-state index contributed by atoms with van der Waals surface area (Å²) in [6.07, 6.45) is -1.18. The molecule has 1 amide bonds. The highest BCUT2D eigenvalue weighted by atomic mass is 19.4. The quantitative estimate of drug-likeness (QED) is 0.905. The molecule has 0 radical (unpaired) electrons. The lowest BCUT2D eigenvalue weighted by molar-refractivity contribution is -0.184. The zero-order chi connectivity index (χ0) is 18.0. The lowest BCUT2D eigenvalue weighted by atomic mass is 9.85. The number of nitrogens with one attached hydrogen (secondary N) is 1. The van der Waals surface area contributed by atoms with Crippen LogP contribution in [0.4, 0.5) is 13.2 Å². The maximum atomic E-state index is 12.9. The van der Waals surface area contributed by atoms with E-state index in [0.717, 1.165) is 16.7 Å². The van der Waals surface area contributed by atoms with E-state index in [4.69, 9.17) is 4.74 Å². The number of benzene rings is 1. The van der Waals surface area contributed by atoms with Crippen LogP contribution in [0.1, 0.15) is 25.7 Å². The molecule has 1 N–H and O–H groups in total. The molecule has 2 atom stereocenters. The molecule has 25 heavy (non-hydrogen) atoms. The van der Waals surface area contributed by atoms with Crippen molar-refractivity contribution in [2.75, 3.05) is 7.11 Å². The molecule has 7 heteroatoms. The molecule has 1 saturated carbocycles. The second kappa shape index (κ2) is 6.98. The molecule has 136 valence electrons. The molecule has 0 bridgehead atoms. The van der Waals surface area contributed by atoms with Gasteiger partial charge < -0.3 is 14.6 Å². The fourth-order valence-corrected chi connectivity index (χ4v) is 3.49. The Morgan fingerprint density at radius 3 is 2.84 bits per heavy atom. The van der Waals surface area contributed by atoms with Gasteiger partial charge in [-0.3, -0.25) is 4.79 Å². The molecule has 1 aromatic carbocycles. The summed E-state index contributed by atoms with van der Waals surface area (Å²) in [7, 11) is 1.59. The molecule has 1 heterocycles. The number of fused-ring (bicyclic) bond motifs is 1. The number of methoxy groups -OCH3 is 1. The molecule has 1 aliphatic rings. The monoisotopic (exact) mass is 354 g/mol. The van der Waals surface area contributed by atoms with Crippen molar-refractivity contribution in [3.05, 3.63) is 30.5 Å². The second-order valence-electron chi connectivity index (χ2n) is 6.54. The molecule has 0 aliphatic heterocycles. The Bertz CT molecular complexity index is 754. The predicted molar refractivity (Wildman–Crippen MR) is 88.4 cm³/mol. The Balaban J connectivity index is 1.63. The summed E-state index contributed by atoms with van der Waals surface area (Å²) in [5, 5.41) is 3.71. The molecule has 1 aliphatic carbocycles. The van der Waals surface area contributed by atoms with Crippen LogP contribution in [-0.2, 0) is 11.3 Å². The van der Waals surface area contributed by atoms with Gasteiger partial charge in [-0.2, -0.15) is 13.2 Å². The maximum Gasteiger partial charge on any atom is 0.391 e. The van der Waals surface area contributed by atoms with Crippen molar-refractivity contribution in [3.8, 4) is 5.75 Å². The number of ether oxygens (including phenoxy) is 1. The van der Waals surface area contributed by atoms with Crippen molar-refractivity contribution >= 4 is 16.8 Å². The first kappa shape index (κ1) is 17.6. The molecule has 3 rings (SSSR count). The fourth-order valence-electron chi connectivity index (χ4n) is 3.49. The molecule has 2 aromatic rings. The van der Waals surface area contributed by atoms with Crippen LogP contribution in [0.5, 0.6) is 5.75 Å². The van der Waals surface area contributed by atoms with Crippen molar-refractivity contribution < 1.29 is 22.7 Å². The number of carbonyl (C=O) groups is 1. The number of hydrogen-bond acceptors (Lipinski definition) is 2. The zero-order valence-electron chi connectivity index (χ0n) is 14.0. The van der Waals surface area contributed by atoms with Crippen LogP contribution >= 0.6 is 0 Å². The summed E-state index contributed by atoms with van der Waals surface area (Å²) in [6.45, 7) is 0.0863. The van der Waals surface area contributed by atoms with Gasteiger partial charge in [0, 0.05) is 23.1 Å². The largest absolute Gasteiger partial charge is 0.497 e. The minimum Gasteiger partial charge on any atom is -0.497 e. The molecular formula is C18H21F3N2O2. The molecular weight excluding hydrogens is 333 g/mol. The summed E-state index contributed by atoms with van der Waals surface area (Å²) in [5.41, 5.74) is 0.882. The van der Waals surface area contributed by atoms with Crippen LogP contribution in [0.25, 0.3) is 10.9 Å². The van der Waals surface area contributed by atoms with Crippen LogP contribution in [-0.4, -0.2) is 29.8 Å². The highest BCUT2D eigenvalue weighted by Gasteiger charge is 2.42. The number of amides is 1. The number of hydrogen-bond donors (Lipinski definition) is 1. The summed E-state index contributed by atoms with van der Waals surface area (Å²) >= 11 is 0. The van der Waals surface area contributed by atoms with E-state index in [1.807, 2.05) is 24.3 Å². The zero-order valence-corrected chi connectivity index (χ0v) is 14.0. The van der Waals surface area contributed by atoms with E-state index in [0.29, 0.717) is 12.8 Å². The van der Waals surface area contributed by atoms with E-state index < -0.39 is 18.1 Å². The number of carbonyl (C=O) groups excluding carboxylic acids is 1. The summed E-state index contributed by atoms with van der Waals surface area (Å²) in [5.74, 6) is -0.845. The van der Waals surface area contributed by atoms with Gasteiger partial charge in [-0.1, -0.05) is 6.42 Å². The number of nitrogens with zero attached hydrogens (tertiary/aromatic N) is 1. The van der Waals surface area contributed by atoms with E-state index in [-0.39, 0.29) is 25.3 Å². The van der Waals surface area contributed by atoms with E-state index >= 15 is 0 Å². The number of halogens is 3. The molecule has 4 nitrogen and oxygen atoms in total. The van der Waals surface area contributed by atoms with Crippen molar-refractivity contribution in [1.29, 1.82) is 0 Å². The topological polar surface area (TPSA) is 43.3 Å². The van der Waals surface area contributed by atoms with E-state index in [1.54, 1.807) is 17.9 Å². The number of rotatable bonds is 4. The van der Waals surface area contributed by atoms with Gasteiger partial charge in [0.1, 0.15) is 12.3 Å². The third-order valence-corrected chi connectivity index (χ3v) is 4.79. The third kappa shape index (κ3) is 4.08. The van der Waals surface area contributed by atoms with Crippen molar-refractivity contribution in [3.63, 3.8) is 0 Å². The summed E-state index contributed by atoms with van der Waals surface area (Å²) in [6, 6.07) is 7.02. The molecule has 2 unspecified atom stereocenters. The lowest BCUT2D eigenvalue weighted by Gasteiger charge is -2.31. The number of alkyl halides is 3. The molecule has 1 fully saturated rings. The normalized spacial score (nSPS) is 21.3. The lowest BCUT2D eigenvalue weighted by Crippen LogP contribution is -2.42. The van der Waals surface area contributed by atoms with Gasteiger partial charge in [0.2, 0.25) is 5.91 Å². The van der Waals surface area contributed by atoms with Crippen LogP contribution in [0.15, 0.2) is 30.5 Å². The van der Waals surface area contributed by atoms with Crippen molar-refractivity contribution in [2.24, 2.45) is 5.92 Å². The Kier molecular flexibility index (Phi) is 4.92. The van der Waals surface area contributed by atoms with Gasteiger partial charge in [-0.15, -0.1) is 0 Å². The van der Waals surface area contributed by atoms with Gasteiger partial charge in [-0.25, -0.2) is 0 Å². The second-order valence-corrected chi connectivity index (χ2v) is 6.54. The van der Waals surface area contributed by atoms with Crippen LogP contribution in [0, 0.1) is 5.92 Å². The first-order valence-electron chi connectivity index (χ1n) is 8.36. The number of aromatic nitrogens is 1. The van der Waals surface area contributed by atoms with Crippen LogP contribution < -0.4 is 10.1 Å². The van der Waals surface area contributed by atoms with Crippen LogP contribution in [0.3, 0.4) is 0 Å². The maximum absolute atomic E-state index is 12.9. The molecule has 0 saturated heterocycles. The fraction of sp³-hybridized carbons (Fsp3) is 0.500. The summed E-state index contributed by atoms with van der Waals surface area (Å²) in [4.78, 5) is 12.3. The Labute approximate surface area is 143 Å². The standard InChI is InChI=1S/C18H21F3N2O2/c1-25-15-5-6-16-12(9-15)7-8-23(16)11-17(24)22-14-4-2-3-13(10-14)18(19,20)21/h5-9,13-14H,2-4,10-11H2,1H3,(H,22,24). The minimum atomic E-state index is -4.18. The van der Waals surface area contributed by atoms with Gasteiger partial charge in [0.25, 0.3) is 0 Å². The Morgan fingerprint density at radius 1 is 1.32 bits per heavy atom. The first-order valence-corrected chi connectivity index (χ1v) is 8.36. The van der Waals surface area contributed by atoms with E-state index in [2.05, 4.69) is 5.32 Å².